The van der Waals surface area contributed by atoms with Crippen LogP contribution < -0.4 is 0 Å². The maximum absolute atomic E-state index is 12.8. The number of carbonyl (C=O) groups excluding carboxylic acids is 1. The Labute approximate surface area is 146 Å². The number of amides is 1. The van der Waals surface area contributed by atoms with E-state index in [2.05, 4.69) is 10.1 Å². The Balaban J connectivity index is 1.84. The van der Waals surface area contributed by atoms with Gasteiger partial charge >= 0.3 is 5.97 Å². The van der Waals surface area contributed by atoms with Crippen LogP contribution in [0.4, 0.5) is 0 Å². The summed E-state index contributed by atoms with van der Waals surface area (Å²) in [5, 5.41) is 13.0. The van der Waals surface area contributed by atoms with Gasteiger partial charge in [0.25, 0.3) is 5.91 Å². The molecule has 3 rings (SSSR count). The Hall–Kier alpha value is -2.70. The number of hydrogen-bond donors (Lipinski definition) is 1. The number of aryl methyl sites for hydroxylation is 3. The van der Waals surface area contributed by atoms with Gasteiger partial charge in [0.2, 0.25) is 0 Å². The maximum Gasteiger partial charge on any atom is 0.303 e. The van der Waals surface area contributed by atoms with Gasteiger partial charge in [-0.1, -0.05) is 0 Å². The molecule has 1 atom stereocenters. The average molecular weight is 342 g/mol. The van der Waals surface area contributed by atoms with E-state index in [-0.39, 0.29) is 18.4 Å². The van der Waals surface area contributed by atoms with E-state index in [1.165, 1.54) is 0 Å². The molecule has 0 spiro atoms. The van der Waals surface area contributed by atoms with E-state index in [1.54, 1.807) is 24.1 Å². The summed E-state index contributed by atoms with van der Waals surface area (Å²) in [6.07, 6.45) is 5.65. The van der Waals surface area contributed by atoms with Crippen molar-refractivity contribution in [2.24, 2.45) is 7.05 Å². The van der Waals surface area contributed by atoms with Crippen molar-refractivity contribution < 1.29 is 14.7 Å². The zero-order chi connectivity index (χ0) is 18.0. The van der Waals surface area contributed by atoms with Crippen molar-refractivity contribution in [2.75, 3.05) is 6.54 Å². The Bertz CT molecular complexity index is 799. The third-order valence-electron chi connectivity index (χ3n) is 4.47. The molecule has 1 aliphatic heterocycles. The number of aliphatic carboxylic acids is 1. The second-order valence-corrected chi connectivity index (χ2v) is 6.49. The summed E-state index contributed by atoms with van der Waals surface area (Å²) in [7, 11) is 1.79. The quantitative estimate of drug-likeness (QED) is 0.899. The van der Waals surface area contributed by atoms with Gasteiger partial charge in [0.05, 0.1) is 23.5 Å². The molecule has 0 saturated carbocycles. The first kappa shape index (κ1) is 17.1. The van der Waals surface area contributed by atoms with E-state index >= 15 is 0 Å². The van der Waals surface area contributed by atoms with Crippen LogP contribution in [0.15, 0.2) is 24.5 Å². The monoisotopic (exact) mass is 342 g/mol. The van der Waals surface area contributed by atoms with E-state index in [0.717, 1.165) is 29.8 Å². The normalized spacial score (nSPS) is 17.0. The summed E-state index contributed by atoms with van der Waals surface area (Å²) in [6.45, 7) is 2.59. The molecule has 0 bridgehead atoms. The molecule has 132 valence electrons. The van der Waals surface area contributed by atoms with Crippen molar-refractivity contribution in [3.8, 4) is 0 Å². The van der Waals surface area contributed by atoms with Crippen LogP contribution in [0.3, 0.4) is 0 Å². The van der Waals surface area contributed by atoms with Gasteiger partial charge in [0.15, 0.2) is 0 Å². The molecule has 0 aliphatic carbocycles. The zero-order valence-electron chi connectivity index (χ0n) is 14.5. The van der Waals surface area contributed by atoms with E-state index in [1.807, 2.05) is 24.0 Å². The lowest BCUT2D eigenvalue weighted by atomic mass is 10.0. The fourth-order valence-electron chi connectivity index (χ4n) is 3.35. The number of likely N-dealkylation sites (tertiary alicyclic amines) is 1. The predicted molar refractivity (Wildman–Crippen MR) is 91.2 cm³/mol. The summed E-state index contributed by atoms with van der Waals surface area (Å²) >= 11 is 0. The molecule has 25 heavy (non-hydrogen) atoms. The second kappa shape index (κ2) is 7.04. The van der Waals surface area contributed by atoms with Crippen molar-refractivity contribution in [3.63, 3.8) is 0 Å². The largest absolute Gasteiger partial charge is 0.481 e. The van der Waals surface area contributed by atoms with Gasteiger partial charge in [-0.05, 0) is 43.9 Å². The zero-order valence-corrected chi connectivity index (χ0v) is 14.5. The number of carboxylic acids is 1. The van der Waals surface area contributed by atoms with Crippen molar-refractivity contribution in [1.29, 1.82) is 0 Å². The molecule has 7 heteroatoms. The SMILES string of the molecule is Cc1cc(CCC(=O)O)cc(C2CCCN2C(=O)c2cnn(C)c2)n1. The Kier molecular flexibility index (Phi) is 4.83. The minimum atomic E-state index is -0.815. The maximum atomic E-state index is 12.8. The topological polar surface area (TPSA) is 88.3 Å². The summed E-state index contributed by atoms with van der Waals surface area (Å²) < 4.78 is 1.62. The summed E-state index contributed by atoms with van der Waals surface area (Å²) in [5.41, 5.74) is 3.22. The van der Waals surface area contributed by atoms with E-state index in [4.69, 9.17) is 5.11 Å². The van der Waals surface area contributed by atoms with Gasteiger partial charge in [0, 0.05) is 31.9 Å². The number of hydrogen-bond acceptors (Lipinski definition) is 4. The van der Waals surface area contributed by atoms with Crippen molar-refractivity contribution in [3.05, 3.63) is 47.0 Å². The number of pyridine rings is 1. The van der Waals surface area contributed by atoms with E-state index < -0.39 is 5.97 Å². The highest BCUT2D eigenvalue weighted by Crippen LogP contribution is 2.32. The van der Waals surface area contributed by atoms with Crippen LogP contribution in [0.2, 0.25) is 0 Å². The van der Waals surface area contributed by atoms with Crippen molar-refractivity contribution >= 4 is 11.9 Å². The molecule has 1 fully saturated rings. The number of carbonyl (C=O) groups is 2. The molecule has 1 aliphatic rings. The molecule has 2 aromatic heterocycles. The molecule has 0 aromatic carbocycles. The number of nitrogens with zero attached hydrogens (tertiary/aromatic N) is 4. The van der Waals surface area contributed by atoms with Gasteiger partial charge in [-0.3, -0.25) is 19.3 Å². The Morgan fingerprint density at radius 3 is 2.84 bits per heavy atom. The molecule has 3 heterocycles. The van der Waals surface area contributed by atoms with Gasteiger partial charge in [-0.15, -0.1) is 0 Å². The summed E-state index contributed by atoms with van der Waals surface area (Å²) in [6, 6.07) is 3.78. The molecule has 1 amide bonds. The highest BCUT2D eigenvalue weighted by atomic mass is 16.4. The molecule has 1 N–H and O–H groups in total. The van der Waals surface area contributed by atoms with E-state index in [9.17, 15) is 9.59 Å². The first-order chi connectivity index (χ1) is 11.9. The molecular weight excluding hydrogens is 320 g/mol. The number of aromatic nitrogens is 3. The molecule has 1 unspecified atom stereocenters. The average Bonchev–Trinajstić information content (AvgIpc) is 3.20. The lowest BCUT2D eigenvalue weighted by molar-refractivity contribution is -0.136. The second-order valence-electron chi connectivity index (χ2n) is 6.49. The van der Waals surface area contributed by atoms with Gasteiger partial charge in [-0.2, -0.15) is 5.10 Å². The molecule has 1 saturated heterocycles. The standard InChI is InChI=1S/C18H22N4O3/c1-12-8-13(5-6-17(23)24)9-15(20-12)16-4-3-7-22(16)18(25)14-10-19-21(2)11-14/h8-11,16H,3-7H2,1-2H3,(H,23,24). The lowest BCUT2D eigenvalue weighted by Gasteiger charge is -2.24. The van der Waals surface area contributed by atoms with Crippen LogP contribution in [0.1, 0.15) is 52.6 Å². The minimum Gasteiger partial charge on any atom is -0.481 e. The van der Waals surface area contributed by atoms with Crippen molar-refractivity contribution in [1.82, 2.24) is 19.7 Å². The molecule has 7 nitrogen and oxygen atoms in total. The highest BCUT2D eigenvalue weighted by Gasteiger charge is 2.32. The van der Waals surface area contributed by atoms with Crippen LogP contribution in [-0.4, -0.2) is 43.2 Å². The summed E-state index contributed by atoms with van der Waals surface area (Å²) in [5.74, 6) is -0.851. The van der Waals surface area contributed by atoms with Gasteiger partial charge < -0.3 is 10.0 Å². The molecule has 0 radical (unpaired) electrons. The fraction of sp³-hybridized carbons (Fsp3) is 0.444. The van der Waals surface area contributed by atoms with Gasteiger partial charge in [0.1, 0.15) is 0 Å². The molecular formula is C18H22N4O3. The third kappa shape index (κ3) is 3.87. The first-order valence-corrected chi connectivity index (χ1v) is 8.43. The minimum absolute atomic E-state index is 0.0361. The Morgan fingerprint density at radius 2 is 2.16 bits per heavy atom. The van der Waals surface area contributed by atoms with Gasteiger partial charge in [-0.25, -0.2) is 0 Å². The van der Waals surface area contributed by atoms with Crippen LogP contribution >= 0.6 is 0 Å². The summed E-state index contributed by atoms with van der Waals surface area (Å²) in [4.78, 5) is 30.1. The molecule has 2 aromatic rings. The van der Waals surface area contributed by atoms with E-state index in [0.29, 0.717) is 18.5 Å². The first-order valence-electron chi connectivity index (χ1n) is 8.43. The Morgan fingerprint density at radius 1 is 1.36 bits per heavy atom. The number of rotatable bonds is 5. The number of carboxylic acid groups (broad SMARTS) is 1. The van der Waals surface area contributed by atoms with Crippen LogP contribution in [-0.2, 0) is 18.3 Å². The van der Waals surface area contributed by atoms with Crippen LogP contribution in [0.5, 0.6) is 0 Å². The highest BCUT2D eigenvalue weighted by molar-refractivity contribution is 5.94. The third-order valence-corrected chi connectivity index (χ3v) is 4.47. The van der Waals surface area contributed by atoms with Crippen LogP contribution in [0, 0.1) is 6.92 Å². The van der Waals surface area contributed by atoms with Crippen LogP contribution in [0.25, 0.3) is 0 Å². The predicted octanol–water partition coefficient (Wildman–Crippen LogP) is 2.12. The fourth-order valence-corrected chi connectivity index (χ4v) is 3.35. The lowest BCUT2D eigenvalue weighted by Crippen LogP contribution is -2.31. The smallest absolute Gasteiger partial charge is 0.303 e. The van der Waals surface area contributed by atoms with Crippen molar-refractivity contribution in [2.45, 2.75) is 38.6 Å².